The van der Waals surface area contributed by atoms with Gasteiger partial charge in [0.2, 0.25) is 11.7 Å². The lowest BCUT2D eigenvalue weighted by Crippen LogP contribution is -2.32. The third-order valence-corrected chi connectivity index (χ3v) is 4.25. The van der Waals surface area contributed by atoms with Crippen molar-refractivity contribution in [3.8, 4) is 0 Å². The molecule has 2 rings (SSSR count). The zero-order valence-corrected chi connectivity index (χ0v) is 13.0. The molecule has 1 aliphatic heterocycles. The van der Waals surface area contributed by atoms with E-state index in [1.165, 1.54) is 0 Å². The second kappa shape index (κ2) is 6.47. The third-order valence-electron chi connectivity index (χ3n) is 4.25. The molecule has 0 amide bonds. The van der Waals surface area contributed by atoms with Crippen molar-refractivity contribution in [3.63, 3.8) is 0 Å². The van der Waals surface area contributed by atoms with Crippen LogP contribution in [0.5, 0.6) is 0 Å². The van der Waals surface area contributed by atoms with Crippen LogP contribution >= 0.6 is 0 Å². The molecule has 1 atom stereocenters. The maximum Gasteiger partial charge on any atom is 0.243 e. The summed E-state index contributed by atoms with van der Waals surface area (Å²) < 4.78 is 5.34. The number of Topliss-reactive ketones (excluding diaryl/α,β-unsaturated/α-hetero) is 1. The molecule has 1 saturated heterocycles. The van der Waals surface area contributed by atoms with E-state index in [1.807, 2.05) is 20.8 Å². The Kier molecular flexibility index (Phi) is 4.88. The number of aromatic nitrogens is 2. The van der Waals surface area contributed by atoms with Gasteiger partial charge in [-0.3, -0.25) is 14.5 Å². The topological polar surface area (TPSA) is 76.3 Å². The van der Waals surface area contributed by atoms with E-state index in [2.05, 4.69) is 15.0 Å². The zero-order valence-electron chi connectivity index (χ0n) is 13.0. The van der Waals surface area contributed by atoms with E-state index in [0.717, 1.165) is 38.2 Å². The van der Waals surface area contributed by atoms with Gasteiger partial charge in [0.15, 0.2) is 12.1 Å². The molecule has 2 heterocycles. The van der Waals surface area contributed by atoms with E-state index in [1.54, 1.807) is 0 Å². The molecule has 0 aromatic carbocycles. The smallest absolute Gasteiger partial charge is 0.243 e. The summed E-state index contributed by atoms with van der Waals surface area (Å²) in [5, 5.41) is 3.95. The van der Waals surface area contributed by atoms with Crippen LogP contribution in [0.25, 0.3) is 0 Å². The number of aldehydes is 1. The number of carbonyl (C=O) groups is 2. The van der Waals surface area contributed by atoms with Gasteiger partial charge in [-0.25, -0.2) is 0 Å². The molecule has 21 heavy (non-hydrogen) atoms. The van der Waals surface area contributed by atoms with E-state index in [-0.39, 0.29) is 11.8 Å². The summed E-state index contributed by atoms with van der Waals surface area (Å²) in [4.78, 5) is 29.0. The van der Waals surface area contributed by atoms with Crippen molar-refractivity contribution in [2.45, 2.75) is 52.5 Å². The highest BCUT2D eigenvalue weighted by Gasteiger charge is 2.33. The van der Waals surface area contributed by atoms with Crippen LogP contribution < -0.4 is 0 Å². The lowest BCUT2D eigenvalue weighted by atomic mass is 9.85. The molecule has 0 bridgehead atoms. The fourth-order valence-electron chi connectivity index (χ4n) is 2.63. The number of aryl methyl sites for hydroxylation is 1. The van der Waals surface area contributed by atoms with Gasteiger partial charge in [-0.2, -0.15) is 4.98 Å². The fraction of sp³-hybridized carbons (Fsp3) is 0.733. The Balaban J connectivity index is 1.99. The number of hydrogen-bond donors (Lipinski definition) is 0. The van der Waals surface area contributed by atoms with Crippen molar-refractivity contribution >= 4 is 12.1 Å². The number of nitrogens with zero attached hydrogens (tertiary/aromatic N) is 3. The second-order valence-corrected chi connectivity index (χ2v) is 6.21. The van der Waals surface area contributed by atoms with E-state index in [4.69, 9.17) is 4.52 Å². The van der Waals surface area contributed by atoms with Gasteiger partial charge >= 0.3 is 0 Å². The number of hydrogen-bond acceptors (Lipinski definition) is 6. The van der Waals surface area contributed by atoms with Crippen molar-refractivity contribution in [2.24, 2.45) is 5.41 Å². The monoisotopic (exact) mass is 293 g/mol. The second-order valence-electron chi connectivity index (χ2n) is 6.21. The summed E-state index contributed by atoms with van der Waals surface area (Å²) in [5.74, 6) is 1.06. The quantitative estimate of drug-likeness (QED) is 0.565. The summed E-state index contributed by atoms with van der Waals surface area (Å²) in [7, 11) is 0. The van der Waals surface area contributed by atoms with E-state index >= 15 is 0 Å². The number of carbonyl (C=O) groups excluding carboxylic acids is 2. The van der Waals surface area contributed by atoms with Crippen LogP contribution in [0, 0.1) is 5.41 Å². The summed E-state index contributed by atoms with van der Waals surface area (Å²) in [5.41, 5.74) is -0.613. The van der Waals surface area contributed by atoms with Crippen LogP contribution in [0.1, 0.15) is 57.8 Å². The van der Waals surface area contributed by atoms with E-state index < -0.39 is 5.41 Å². The predicted octanol–water partition coefficient (Wildman–Crippen LogP) is 1.95. The molecule has 0 N–H and O–H groups in total. The van der Waals surface area contributed by atoms with Gasteiger partial charge in [0.05, 0.1) is 6.04 Å². The summed E-state index contributed by atoms with van der Waals surface area (Å²) >= 11 is 0. The summed E-state index contributed by atoms with van der Waals surface area (Å²) in [6, 6.07) is 0.139. The highest BCUT2D eigenvalue weighted by atomic mass is 16.5. The number of likely N-dealkylation sites (tertiary alicyclic amines) is 1. The summed E-state index contributed by atoms with van der Waals surface area (Å²) in [6.45, 7) is 7.34. The molecular formula is C15H23N3O3. The minimum Gasteiger partial charge on any atom is -0.338 e. The Morgan fingerprint density at radius 1 is 1.52 bits per heavy atom. The minimum atomic E-state index is -0.613. The zero-order chi connectivity index (χ0) is 15.5. The highest BCUT2D eigenvalue weighted by Crippen LogP contribution is 2.32. The van der Waals surface area contributed by atoms with Crippen LogP contribution in [0.2, 0.25) is 0 Å². The van der Waals surface area contributed by atoms with Gasteiger partial charge in [-0.1, -0.05) is 25.9 Å². The van der Waals surface area contributed by atoms with Crippen LogP contribution in [0.4, 0.5) is 0 Å². The first-order valence-corrected chi connectivity index (χ1v) is 7.54. The molecule has 1 aromatic heterocycles. The van der Waals surface area contributed by atoms with Crippen molar-refractivity contribution in [1.29, 1.82) is 0 Å². The Bertz CT molecular complexity index is 510. The van der Waals surface area contributed by atoms with E-state index in [0.29, 0.717) is 18.6 Å². The molecule has 116 valence electrons. The standard InChI is InChI=1S/C15H23N3O3/c1-4-13-16-14(21-17-13)11-6-5-8-18(11)9-7-15(2,3)12(20)10-19/h10-11H,4-9H2,1-3H3. The van der Waals surface area contributed by atoms with Crippen LogP contribution in [0.3, 0.4) is 0 Å². The molecular weight excluding hydrogens is 270 g/mol. The van der Waals surface area contributed by atoms with Gasteiger partial charge in [0.25, 0.3) is 0 Å². The third kappa shape index (κ3) is 3.56. The van der Waals surface area contributed by atoms with Gasteiger partial charge < -0.3 is 4.52 Å². The Morgan fingerprint density at radius 3 is 2.90 bits per heavy atom. The minimum absolute atomic E-state index is 0.139. The van der Waals surface area contributed by atoms with Gasteiger partial charge in [0, 0.05) is 11.8 Å². The molecule has 1 fully saturated rings. The molecule has 1 aliphatic rings. The van der Waals surface area contributed by atoms with Crippen LogP contribution in [0.15, 0.2) is 4.52 Å². The Labute approximate surface area is 124 Å². The largest absolute Gasteiger partial charge is 0.338 e. The molecule has 0 aliphatic carbocycles. The maximum atomic E-state index is 11.6. The molecule has 0 spiro atoms. The van der Waals surface area contributed by atoms with Crippen molar-refractivity contribution in [1.82, 2.24) is 15.0 Å². The molecule has 6 heteroatoms. The van der Waals surface area contributed by atoms with Gasteiger partial charge in [-0.15, -0.1) is 0 Å². The summed E-state index contributed by atoms with van der Waals surface area (Å²) in [6.07, 6.45) is 3.91. The maximum absolute atomic E-state index is 11.6. The Morgan fingerprint density at radius 2 is 2.29 bits per heavy atom. The fourth-order valence-corrected chi connectivity index (χ4v) is 2.63. The number of ketones is 1. The van der Waals surface area contributed by atoms with Crippen LogP contribution in [-0.4, -0.2) is 40.2 Å². The van der Waals surface area contributed by atoms with Crippen molar-refractivity contribution < 1.29 is 14.1 Å². The first kappa shape index (κ1) is 15.8. The molecule has 1 unspecified atom stereocenters. The van der Waals surface area contributed by atoms with Crippen molar-refractivity contribution in [3.05, 3.63) is 11.7 Å². The first-order valence-electron chi connectivity index (χ1n) is 7.54. The predicted molar refractivity (Wildman–Crippen MR) is 76.7 cm³/mol. The van der Waals surface area contributed by atoms with E-state index in [9.17, 15) is 9.59 Å². The Hall–Kier alpha value is -1.56. The first-order chi connectivity index (χ1) is 9.97. The normalized spacial score (nSPS) is 19.9. The molecule has 0 radical (unpaired) electrons. The average molecular weight is 293 g/mol. The molecule has 1 aromatic rings. The average Bonchev–Trinajstić information content (AvgIpc) is 3.12. The van der Waals surface area contributed by atoms with Crippen molar-refractivity contribution in [2.75, 3.05) is 13.1 Å². The molecule has 0 saturated carbocycles. The highest BCUT2D eigenvalue weighted by molar-refractivity contribution is 6.27. The number of rotatable bonds is 7. The van der Waals surface area contributed by atoms with Crippen LogP contribution in [-0.2, 0) is 16.0 Å². The lowest BCUT2D eigenvalue weighted by molar-refractivity contribution is -0.136. The van der Waals surface area contributed by atoms with Gasteiger partial charge in [-0.05, 0) is 32.4 Å². The van der Waals surface area contributed by atoms with Gasteiger partial charge in [0.1, 0.15) is 0 Å². The lowest BCUT2D eigenvalue weighted by Gasteiger charge is -2.26. The molecule has 6 nitrogen and oxygen atoms in total. The SMILES string of the molecule is CCc1noc(C2CCCN2CCC(C)(C)C(=O)C=O)n1.